The van der Waals surface area contributed by atoms with Crippen LogP contribution in [0.5, 0.6) is 0 Å². The van der Waals surface area contributed by atoms with Crippen molar-refractivity contribution >= 4 is 34.1 Å². The number of imidazole rings is 1. The largest absolute Gasteiger partial charge is 0.367 e. The number of fused-ring (bicyclic) bond motifs is 1. The summed E-state index contributed by atoms with van der Waals surface area (Å²) in [4.78, 5) is 12.4. The van der Waals surface area contributed by atoms with Gasteiger partial charge in [0.15, 0.2) is 0 Å². The van der Waals surface area contributed by atoms with Gasteiger partial charge in [0.05, 0.1) is 0 Å². The highest BCUT2D eigenvalue weighted by molar-refractivity contribution is 6.31. The van der Waals surface area contributed by atoms with E-state index in [-0.39, 0.29) is 0 Å². The van der Waals surface area contributed by atoms with Gasteiger partial charge < -0.3 is 19.4 Å². The third-order valence-corrected chi connectivity index (χ3v) is 4.53. The van der Waals surface area contributed by atoms with E-state index in [0.717, 1.165) is 42.7 Å². The fourth-order valence-corrected chi connectivity index (χ4v) is 3.40. The Balaban J connectivity index is 1.58. The van der Waals surface area contributed by atoms with Gasteiger partial charge in [-0.25, -0.2) is 4.98 Å². The van der Waals surface area contributed by atoms with Crippen molar-refractivity contribution in [3.63, 3.8) is 0 Å². The monoisotopic (exact) mass is 315 g/mol. The number of halogens is 1. The van der Waals surface area contributed by atoms with Gasteiger partial charge in [-0.1, -0.05) is 11.6 Å². The summed E-state index contributed by atoms with van der Waals surface area (Å²) >= 11 is 6.26. The highest BCUT2D eigenvalue weighted by Crippen LogP contribution is 2.31. The van der Waals surface area contributed by atoms with E-state index >= 15 is 0 Å². The summed E-state index contributed by atoms with van der Waals surface area (Å²) in [5.74, 6) is 1.04. The Morgan fingerprint density at radius 3 is 2.64 bits per heavy atom. The molecule has 6 heteroatoms. The first-order valence-electron chi connectivity index (χ1n) is 7.46. The first-order chi connectivity index (χ1) is 10.7. The number of aryl methyl sites for hydroxylation is 1. The lowest BCUT2D eigenvalue weighted by Crippen LogP contribution is -2.47. The second-order valence-electron chi connectivity index (χ2n) is 5.68. The lowest BCUT2D eigenvalue weighted by atomic mass is 10.1. The second kappa shape index (κ2) is 5.25. The van der Waals surface area contributed by atoms with Gasteiger partial charge in [-0.2, -0.15) is 0 Å². The molecule has 1 aliphatic heterocycles. The van der Waals surface area contributed by atoms with Gasteiger partial charge in [0.25, 0.3) is 0 Å². The normalized spacial score (nSPS) is 15.7. The molecule has 0 unspecified atom stereocenters. The molecule has 1 aromatic carbocycles. The van der Waals surface area contributed by atoms with Gasteiger partial charge in [-0.3, -0.25) is 0 Å². The Labute approximate surface area is 134 Å². The zero-order chi connectivity index (χ0) is 15.1. The van der Waals surface area contributed by atoms with Crippen LogP contribution in [0.15, 0.2) is 36.8 Å². The van der Waals surface area contributed by atoms with Gasteiger partial charge in [-0.15, -0.1) is 0 Å². The quantitative estimate of drug-likeness (QED) is 0.790. The molecular weight excluding hydrogens is 298 g/mol. The number of benzene rings is 1. The maximum Gasteiger partial charge on any atom is 0.205 e. The van der Waals surface area contributed by atoms with Crippen molar-refractivity contribution in [1.82, 2.24) is 14.5 Å². The molecule has 0 aliphatic carbocycles. The van der Waals surface area contributed by atoms with Crippen molar-refractivity contribution in [2.24, 2.45) is 7.05 Å². The van der Waals surface area contributed by atoms with Crippen molar-refractivity contribution in [3.05, 3.63) is 41.8 Å². The highest BCUT2D eigenvalue weighted by atomic mass is 35.5. The Kier molecular flexibility index (Phi) is 3.22. The van der Waals surface area contributed by atoms with E-state index in [1.165, 1.54) is 11.1 Å². The maximum absolute atomic E-state index is 6.26. The van der Waals surface area contributed by atoms with Crippen molar-refractivity contribution in [2.45, 2.75) is 0 Å². The molecule has 1 N–H and O–H groups in total. The Morgan fingerprint density at radius 1 is 1.14 bits per heavy atom. The third kappa shape index (κ3) is 2.22. The summed E-state index contributed by atoms with van der Waals surface area (Å²) in [6, 6.07) is 6.16. The standard InChI is InChI=1S/C16H18ClN5/c1-20-5-4-19-16(20)22-8-6-21(7-9-22)15-11-12(17)10-14-13(15)2-3-18-14/h2-5,10-11,18H,6-9H2,1H3. The average Bonchev–Trinajstić information content (AvgIpc) is 3.15. The molecular formula is C16H18ClN5. The number of hydrogen-bond donors (Lipinski definition) is 1. The predicted molar refractivity (Wildman–Crippen MR) is 90.9 cm³/mol. The SMILES string of the molecule is Cn1ccnc1N1CCN(c2cc(Cl)cc3[nH]ccc23)CC1. The van der Waals surface area contributed by atoms with Crippen LogP contribution in [0.1, 0.15) is 0 Å². The topological polar surface area (TPSA) is 40.1 Å². The lowest BCUT2D eigenvalue weighted by Gasteiger charge is -2.37. The summed E-state index contributed by atoms with van der Waals surface area (Å²) in [5, 5.41) is 2.01. The molecule has 3 aromatic rings. The van der Waals surface area contributed by atoms with E-state index in [4.69, 9.17) is 11.6 Å². The van der Waals surface area contributed by atoms with Crippen molar-refractivity contribution in [3.8, 4) is 0 Å². The number of nitrogens with one attached hydrogen (secondary N) is 1. The number of H-pyrrole nitrogens is 1. The number of hydrogen-bond acceptors (Lipinski definition) is 3. The van der Waals surface area contributed by atoms with Gasteiger partial charge in [-0.05, 0) is 18.2 Å². The molecule has 0 bridgehead atoms. The van der Waals surface area contributed by atoms with Crippen LogP contribution < -0.4 is 9.80 Å². The summed E-state index contributed by atoms with van der Waals surface area (Å²) in [6.45, 7) is 3.85. The number of nitrogens with zero attached hydrogens (tertiary/aromatic N) is 4. The Morgan fingerprint density at radius 2 is 1.91 bits per heavy atom. The number of aromatic nitrogens is 3. The first kappa shape index (κ1) is 13.5. The Bertz CT molecular complexity index is 798. The van der Waals surface area contributed by atoms with E-state index in [1.54, 1.807) is 0 Å². The number of anilines is 2. The molecule has 1 saturated heterocycles. The van der Waals surface area contributed by atoms with Gasteiger partial charge in [0.1, 0.15) is 0 Å². The van der Waals surface area contributed by atoms with Crippen molar-refractivity contribution < 1.29 is 0 Å². The number of rotatable bonds is 2. The molecule has 3 heterocycles. The van der Waals surface area contributed by atoms with Gasteiger partial charge in [0.2, 0.25) is 5.95 Å². The van der Waals surface area contributed by atoms with E-state index in [9.17, 15) is 0 Å². The molecule has 0 atom stereocenters. The second-order valence-corrected chi connectivity index (χ2v) is 6.11. The zero-order valence-electron chi connectivity index (χ0n) is 12.5. The predicted octanol–water partition coefficient (Wildman–Crippen LogP) is 2.88. The van der Waals surface area contributed by atoms with Crippen molar-refractivity contribution in [2.75, 3.05) is 36.0 Å². The fraction of sp³-hybridized carbons (Fsp3) is 0.312. The van der Waals surface area contributed by atoms with E-state index in [2.05, 4.69) is 36.5 Å². The minimum absolute atomic E-state index is 0.775. The molecule has 1 aliphatic rings. The van der Waals surface area contributed by atoms with Gasteiger partial charge in [0, 0.05) is 73.4 Å². The zero-order valence-corrected chi connectivity index (χ0v) is 13.2. The summed E-state index contributed by atoms with van der Waals surface area (Å²) in [7, 11) is 2.04. The smallest absolute Gasteiger partial charge is 0.205 e. The highest BCUT2D eigenvalue weighted by Gasteiger charge is 2.21. The third-order valence-electron chi connectivity index (χ3n) is 4.31. The summed E-state index contributed by atoms with van der Waals surface area (Å²) < 4.78 is 2.07. The van der Waals surface area contributed by atoms with Gasteiger partial charge >= 0.3 is 0 Å². The molecule has 4 rings (SSSR count). The molecule has 0 spiro atoms. The molecule has 0 saturated carbocycles. The lowest BCUT2D eigenvalue weighted by molar-refractivity contribution is 0.631. The van der Waals surface area contributed by atoms with E-state index in [1.807, 2.05) is 31.7 Å². The Hall–Kier alpha value is -2.14. The van der Waals surface area contributed by atoms with Crippen LogP contribution in [0.4, 0.5) is 11.6 Å². The number of piperazine rings is 1. The molecule has 22 heavy (non-hydrogen) atoms. The van der Waals surface area contributed by atoms with Crippen LogP contribution in [-0.2, 0) is 7.05 Å². The minimum Gasteiger partial charge on any atom is -0.367 e. The average molecular weight is 316 g/mol. The van der Waals surface area contributed by atoms with Crippen LogP contribution in [0.2, 0.25) is 5.02 Å². The fourth-order valence-electron chi connectivity index (χ4n) is 3.18. The van der Waals surface area contributed by atoms with Crippen LogP contribution in [-0.4, -0.2) is 40.7 Å². The number of aromatic amines is 1. The van der Waals surface area contributed by atoms with Crippen LogP contribution in [0, 0.1) is 0 Å². The van der Waals surface area contributed by atoms with Crippen LogP contribution in [0.25, 0.3) is 10.9 Å². The molecule has 2 aromatic heterocycles. The summed E-state index contributed by atoms with van der Waals surface area (Å²) in [6.07, 6.45) is 5.80. The summed E-state index contributed by atoms with van der Waals surface area (Å²) in [5.41, 5.74) is 2.30. The van der Waals surface area contributed by atoms with Crippen LogP contribution >= 0.6 is 11.6 Å². The molecule has 5 nitrogen and oxygen atoms in total. The molecule has 0 amide bonds. The van der Waals surface area contributed by atoms with Crippen molar-refractivity contribution in [1.29, 1.82) is 0 Å². The molecule has 114 valence electrons. The van der Waals surface area contributed by atoms with E-state index < -0.39 is 0 Å². The molecule has 0 radical (unpaired) electrons. The van der Waals surface area contributed by atoms with Crippen LogP contribution in [0.3, 0.4) is 0 Å². The first-order valence-corrected chi connectivity index (χ1v) is 7.84. The minimum atomic E-state index is 0.775. The van der Waals surface area contributed by atoms with E-state index in [0.29, 0.717) is 0 Å². The maximum atomic E-state index is 6.26. The molecule has 1 fully saturated rings.